The predicted octanol–water partition coefficient (Wildman–Crippen LogP) is 5.62. The molecular formula is C23H21FN4O2S2. The first-order chi connectivity index (χ1) is 15.3. The number of halogens is 1. The molecule has 0 aliphatic carbocycles. The maximum atomic E-state index is 13.2. The number of fused-ring (bicyclic) bond motifs is 1. The summed E-state index contributed by atoms with van der Waals surface area (Å²) in [6.45, 7) is 2.38. The lowest BCUT2D eigenvalue weighted by atomic mass is 10.2. The number of amides is 2. The zero-order valence-corrected chi connectivity index (χ0v) is 19.4. The second-order valence-corrected chi connectivity index (χ2v) is 9.44. The van der Waals surface area contributed by atoms with E-state index in [1.165, 1.54) is 28.4 Å². The summed E-state index contributed by atoms with van der Waals surface area (Å²) in [5.41, 5.74) is 2.33. The number of carbonyl (C=O) groups excluding carboxylic acids is 2. The second kappa shape index (κ2) is 9.13. The van der Waals surface area contributed by atoms with Gasteiger partial charge in [0, 0.05) is 24.4 Å². The van der Waals surface area contributed by atoms with Crippen LogP contribution in [0, 0.1) is 12.7 Å². The molecular weight excluding hydrogens is 447 g/mol. The minimum atomic E-state index is -0.281. The molecule has 0 fully saturated rings. The molecule has 0 unspecified atom stereocenters. The fourth-order valence-corrected chi connectivity index (χ4v) is 4.93. The van der Waals surface area contributed by atoms with Crippen LogP contribution < -0.4 is 5.32 Å². The molecule has 2 heterocycles. The Hall–Kier alpha value is -3.17. The van der Waals surface area contributed by atoms with Crippen molar-refractivity contribution in [3.05, 3.63) is 76.5 Å². The van der Waals surface area contributed by atoms with Gasteiger partial charge < -0.3 is 10.2 Å². The smallest absolute Gasteiger partial charge is 0.286 e. The molecule has 1 N–H and O–H groups in total. The normalized spacial score (nSPS) is 11.0. The van der Waals surface area contributed by atoms with E-state index in [1.54, 1.807) is 38.4 Å². The number of rotatable bonds is 5. The molecule has 0 atom stereocenters. The molecule has 9 heteroatoms. The van der Waals surface area contributed by atoms with E-state index < -0.39 is 0 Å². The highest BCUT2D eigenvalue weighted by Crippen LogP contribution is 2.32. The third-order valence-electron chi connectivity index (χ3n) is 4.77. The van der Waals surface area contributed by atoms with E-state index in [0.29, 0.717) is 22.0 Å². The minimum absolute atomic E-state index is 0.120. The van der Waals surface area contributed by atoms with Crippen molar-refractivity contribution in [1.29, 1.82) is 0 Å². The molecule has 0 aliphatic rings. The van der Waals surface area contributed by atoms with Crippen molar-refractivity contribution >= 4 is 50.1 Å². The third-order valence-corrected chi connectivity index (χ3v) is 7.04. The van der Waals surface area contributed by atoms with Crippen LogP contribution in [-0.2, 0) is 6.54 Å². The Labute approximate surface area is 193 Å². The molecule has 0 bridgehead atoms. The maximum Gasteiger partial charge on any atom is 0.286 e. The molecule has 0 spiro atoms. The number of para-hydroxylation sites is 1. The van der Waals surface area contributed by atoms with Gasteiger partial charge in [0.1, 0.15) is 10.6 Å². The van der Waals surface area contributed by atoms with Crippen LogP contribution >= 0.6 is 23.1 Å². The highest BCUT2D eigenvalue weighted by molar-refractivity contribution is 8.13. The highest BCUT2D eigenvalue weighted by Gasteiger charge is 2.18. The number of thioether (sulfide) groups is 1. The van der Waals surface area contributed by atoms with Crippen molar-refractivity contribution in [3.63, 3.8) is 0 Å². The SMILES string of the molecule is Cc1nn(Cc2ccc(F)cc2)c2sc(C(=O)Nc3ccccc3SC(=O)N(C)C)cc12. The van der Waals surface area contributed by atoms with Crippen LogP contribution in [0.1, 0.15) is 20.9 Å². The standard InChI is InChI=1S/C23H21FN4O2S2/c1-14-17-12-20(31-22(17)28(26-14)13-15-8-10-16(24)11-9-15)21(29)25-18-6-4-5-7-19(18)32-23(30)27(2)3/h4-12H,13H2,1-3H3,(H,25,29). The summed E-state index contributed by atoms with van der Waals surface area (Å²) in [4.78, 5) is 28.7. The van der Waals surface area contributed by atoms with Crippen molar-refractivity contribution in [1.82, 2.24) is 14.7 Å². The summed E-state index contributed by atoms with van der Waals surface area (Å²) < 4.78 is 15.0. The van der Waals surface area contributed by atoms with Crippen molar-refractivity contribution in [3.8, 4) is 0 Å². The fraction of sp³-hybridized carbons (Fsp3) is 0.174. The first kappa shape index (κ1) is 22.0. The average Bonchev–Trinajstić information content (AvgIpc) is 3.32. The van der Waals surface area contributed by atoms with Crippen LogP contribution in [0.15, 0.2) is 59.5 Å². The molecule has 32 heavy (non-hydrogen) atoms. The van der Waals surface area contributed by atoms with Crippen LogP contribution in [0.5, 0.6) is 0 Å². The van der Waals surface area contributed by atoms with Gasteiger partial charge in [-0.25, -0.2) is 4.39 Å². The molecule has 2 aromatic carbocycles. The summed E-state index contributed by atoms with van der Waals surface area (Å²) in [5, 5.41) is 8.29. The van der Waals surface area contributed by atoms with E-state index in [-0.39, 0.29) is 17.0 Å². The Balaban J connectivity index is 1.58. The monoisotopic (exact) mass is 468 g/mol. The zero-order valence-electron chi connectivity index (χ0n) is 17.8. The van der Waals surface area contributed by atoms with E-state index in [1.807, 2.05) is 29.8 Å². The highest BCUT2D eigenvalue weighted by atomic mass is 32.2. The molecule has 0 aliphatic heterocycles. The number of anilines is 1. The van der Waals surface area contributed by atoms with Crippen LogP contribution in [0.4, 0.5) is 14.9 Å². The van der Waals surface area contributed by atoms with Gasteiger partial charge in [0.15, 0.2) is 0 Å². The van der Waals surface area contributed by atoms with Crippen LogP contribution in [0.25, 0.3) is 10.2 Å². The molecule has 0 saturated carbocycles. The van der Waals surface area contributed by atoms with E-state index >= 15 is 0 Å². The van der Waals surface area contributed by atoms with E-state index in [9.17, 15) is 14.0 Å². The van der Waals surface area contributed by atoms with E-state index in [0.717, 1.165) is 33.2 Å². The van der Waals surface area contributed by atoms with Crippen molar-refractivity contribution in [2.24, 2.45) is 0 Å². The first-order valence-electron chi connectivity index (χ1n) is 9.82. The predicted molar refractivity (Wildman–Crippen MR) is 127 cm³/mol. The lowest BCUT2D eigenvalue weighted by Crippen LogP contribution is -2.17. The number of nitrogens with one attached hydrogen (secondary N) is 1. The van der Waals surface area contributed by atoms with Crippen molar-refractivity contribution in [2.45, 2.75) is 18.4 Å². The van der Waals surface area contributed by atoms with Crippen LogP contribution in [-0.4, -0.2) is 39.9 Å². The van der Waals surface area contributed by atoms with Gasteiger partial charge >= 0.3 is 0 Å². The topological polar surface area (TPSA) is 67.2 Å². The van der Waals surface area contributed by atoms with E-state index in [2.05, 4.69) is 10.4 Å². The largest absolute Gasteiger partial charge is 0.339 e. The molecule has 6 nitrogen and oxygen atoms in total. The summed E-state index contributed by atoms with van der Waals surface area (Å²) >= 11 is 2.42. The summed E-state index contributed by atoms with van der Waals surface area (Å²) in [7, 11) is 3.37. The Morgan fingerprint density at radius 2 is 1.88 bits per heavy atom. The van der Waals surface area contributed by atoms with Gasteiger partial charge in [0.05, 0.1) is 22.8 Å². The van der Waals surface area contributed by atoms with Gasteiger partial charge in [-0.05, 0) is 54.6 Å². The number of thiophene rings is 1. The molecule has 4 aromatic rings. The Morgan fingerprint density at radius 3 is 2.59 bits per heavy atom. The lowest BCUT2D eigenvalue weighted by Gasteiger charge is -2.12. The Morgan fingerprint density at radius 1 is 1.16 bits per heavy atom. The minimum Gasteiger partial charge on any atom is -0.339 e. The van der Waals surface area contributed by atoms with Gasteiger partial charge in [0.25, 0.3) is 11.1 Å². The van der Waals surface area contributed by atoms with Crippen LogP contribution in [0.2, 0.25) is 0 Å². The zero-order chi connectivity index (χ0) is 22.8. The lowest BCUT2D eigenvalue weighted by molar-refractivity contribution is 0.103. The first-order valence-corrected chi connectivity index (χ1v) is 11.5. The average molecular weight is 469 g/mol. The number of carbonyl (C=O) groups is 2. The van der Waals surface area contributed by atoms with Gasteiger partial charge in [-0.2, -0.15) is 5.10 Å². The molecule has 0 saturated heterocycles. The maximum absolute atomic E-state index is 13.2. The number of hydrogen-bond acceptors (Lipinski definition) is 5. The van der Waals surface area contributed by atoms with Crippen molar-refractivity contribution < 1.29 is 14.0 Å². The number of benzene rings is 2. The molecule has 2 aromatic heterocycles. The van der Waals surface area contributed by atoms with Gasteiger partial charge in [-0.3, -0.25) is 14.3 Å². The molecule has 0 radical (unpaired) electrons. The Kier molecular flexibility index (Phi) is 6.29. The summed E-state index contributed by atoms with van der Waals surface area (Å²) in [6, 6.07) is 15.4. The van der Waals surface area contributed by atoms with Gasteiger partial charge in [-0.1, -0.05) is 24.3 Å². The summed E-state index contributed by atoms with van der Waals surface area (Å²) in [5.74, 6) is -0.527. The van der Waals surface area contributed by atoms with E-state index in [4.69, 9.17) is 0 Å². The number of nitrogens with zero attached hydrogens (tertiary/aromatic N) is 3. The Bertz CT molecular complexity index is 1300. The summed E-state index contributed by atoms with van der Waals surface area (Å²) in [6.07, 6.45) is 0. The quantitative estimate of drug-likeness (QED) is 0.386. The van der Waals surface area contributed by atoms with Crippen molar-refractivity contribution in [2.75, 3.05) is 19.4 Å². The fourth-order valence-electron chi connectivity index (χ4n) is 3.12. The number of aryl methyl sites for hydroxylation is 1. The second-order valence-electron chi connectivity index (χ2n) is 7.41. The molecule has 4 rings (SSSR count). The van der Waals surface area contributed by atoms with Gasteiger partial charge in [-0.15, -0.1) is 11.3 Å². The third kappa shape index (κ3) is 4.68. The number of aromatic nitrogens is 2. The molecule has 164 valence electrons. The van der Waals surface area contributed by atoms with Crippen LogP contribution in [0.3, 0.4) is 0 Å². The van der Waals surface area contributed by atoms with Gasteiger partial charge in [0.2, 0.25) is 0 Å². The molecule has 2 amide bonds. The number of hydrogen-bond donors (Lipinski definition) is 1.